The summed E-state index contributed by atoms with van der Waals surface area (Å²) in [7, 11) is 0. The van der Waals surface area contributed by atoms with E-state index in [1.165, 1.54) is 16.8 Å². The number of carbonyl (C=O) groups excluding carboxylic acids is 1. The van der Waals surface area contributed by atoms with Gasteiger partial charge in [0.15, 0.2) is 0 Å². The average molecular weight is 275 g/mol. The van der Waals surface area contributed by atoms with E-state index in [1.807, 2.05) is 11.8 Å². The lowest BCUT2D eigenvalue weighted by molar-refractivity contribution is -0.132. The Hall–Kier alpha value is -1.55. The van der Waals surface area contributed by atoms with Crippen molar-refractivity contribution in [3.63, 3.8) is 0 Å². The summed E-state index contributed by atoms with van der Waals surface area (Å²) in [5.74, 6) is 0.0908. The first-order valence-electron chi connectivity index (χ1n) is 7.39. The van der Waals surface area contributed by atoms with Crippen molar-refractivity contribution >= 4 is 11.6 Å². The van der Waals surface area contributed by atoms with Crippen LogP contribution in [-0.4, -0.2) is 43.0 Å². The minimum atomic E-state index is -0.345. The highest BCUT2D eigenvalue weighted by Gasteiger charge is 2.24. The highest BCUT2D eigenvalue weighted by molar-refractivity contribution is 5.81. The fourth-order valence-corrected chi connectivity index (χ4v) is 2.64. The van der Waals surface area contributed by atoms with Crippen molar-refractivity contribution in [3.05, 3.63) is 29.3 Å². The number of benzene rings is 1. The molecule has 0 radical (unpaired) electrons. The summed E-state index contributed by atoms with van der Waals surface area (Å²) in [6.45, 7) is 9.50. The number of anilines is 1. The van der Waals surface area contributed by atoms with Crippen LogP contribution in [0, 0.1) is 13.8 Å². The zero-order valence-electron chi connectivity index (χ0n) is 12.7. The average Bonchev–Trinajstić information content (AvgIpc) is 2.48. The number of hydrogen-bond donors (Lipinski definition) is 1. The van der Waals surface area contributed by atoms with Gasteiger partial charge in [-0.3, -0.25) is 4.79 Å². The number of hydrogen-bond acceptors (Lipinski definition) is 3. The van der Waals surface area contributed by atoms with Gasteiger partial charge in [0, 0.05) is 31.9 Å². The molecule has 1 heterocycles. The Kier molecular flexibility index (Phi) is 4.65. The van der Waals surface area contributed by atoms with Gasteiger partial charge in [-0.2, -0.15) is 0 Å². The molecule has 1 aromatic carbocycles. The zero-order chi connectivity index (χ0) is 14.7. The van der Waals surface area contributed by atoms with Gasteiger partial charge in [0.1, 0.15) is 0 Å². The molecule has 2 N–H and O–H groups in total. The van der Waals surface area contributed by atoms with Crippen molar-refractivity contribution in [1.29, 1.82) is 0 Å². The van der Waals surface area contributed by atoms with Gasteiger partial charge in [0.05, 0.1) is 6.04 Å². The van der Waals surface area contributed by atoms with Crippen molar-refractivity contribution < 1.29 is 4.79 Å². The summed E-state index contributed by atoms with van der Waals surface area (Å²) in [6.07, 6.45) is 0.704. The number of rotatable bonds is 3. The highest BCUT2D eigenvalue weighted by Crippen LogP contribution is 2.22. The number of piperazine rings is 1. The van der Waals surface area contributed by atoms with E-state index in [1.54, 1.807) is 0 Å². The standard InChI is InChI=1S/C16H25N3O/c1-4-14(17)16(20)19-9-7-18(8-10-19)15-11-12(2)5-6-13(15)3/h5-6,11,14H,4,7-10,17H2,1-3H3. The van der Waals surface area contributed by atoms with E-state index in [2.05, 4.69) is 36.9 Å². The molecule has 1 aliphatic rings. The molecule has 0 aromatic heterocycles. The molecule has 0 aliphatic carbocycles. The maximum absolute atomic E-state index is 12.1. The van der Waals surface area contributed by atoms with Crippen LogP contribution in [0.4, 0.5) is 5.69 Å². The Morgan fingerprint density at radius 3 is 2.50 bits per heavy atom. The minimum Gasteiger partial charge on any atom is -0.368 e. The third-order valence-corrected chi connectivity index (χ3v) is 4.05. The maximum Gasteiger partial charge on any atom is 0.239 e. The Morgan fingerprint density at radius 2 is 1.90 bits per heavy atom. The minimum absolute atomic E-state index is 0.0908. The lowest BCUT2D eigenvalue weighted by Crippen LogP contribution is -2.53. The number of aryl methyl sites for hydroxylation is 2. The Labute approximate surface area is 121 Å². The molecule has 0 saturated carbocycles. The maximum atomic E-state index is 12.1. The molecule has 20 heavy (non-hydrogen) atoms. The number of carbonyl (C=O) groups is 1. The molecule has 1 fully saturated rings. The van der Waals surface area contributed by atoms with Crippen LogP contribution in [0.15, 0.2) is 18.2 Å². The Bertz CT molecular complexity index is 479. The van der Waals surface area contributed by atoms with Crippen LogP contribution in [0.2, 0.25) is 0 Å². The molecule has 1 amide bonds. The summed E-state index contributed by atoms with van der Waals surface area (Å²) >= 11 is 0. The van der Waals surface area contributed by atoms with Gasteiger partial charge in [0.2, 0.25) is 5.91 Å². The van der Waals surface area contributed by atoms with E-state index in [-0.39, 0.29) is 11.9 Å². The van der Waals surface area contributed by atoms with Gasteiger partial charge in [-0.15, -0.1) is 0 Å². The van der Waals surface area contributed by atoms with Gasteiger partial charge in [0.25, 0.3) is 0 Å². The van der Waals surface area contributed by atoms with E-state index < -0.39 is 0 Å². The number of nitrogens with two attached hydrogens (primary N) is 1. The van der Waals surface area contributed by atoms with Crippen molar-refractivity contribution in [3.8, 4) is 0 Å². The van der Waals surface area contributed by atoms with Crippen LogP contribution in [0.25, 0.3) is 0 Å². The topological polar surface area (TPSA) is 49.6 Å². The molecule has 4 nitrogen and oxygen atoms in total. The van der Waals surface area contributed by atoms with Crippen LogP contribution in [0.5, 0.6) is 0 Å². The normalized spacial score (nSPS) is 17.2. The SMILES string of the molecule is CCC(N)C(=O)N1CCN(c2cc(C)ccc2C)CC1. The van der Waals surface area contributed by atoms with E-state index in [4.69, 9.17) is 5.73 Å². The van der Waals surface area contributed by atoms with E-state index in [0.717, 1.165) is 26.2 Å². The zero-order valence-corrected chi connectivity index (χ0v) is 12.7. The van der Waals surface area contributed by atoms with Crippen LogP contribution in [-0.2, 0) is 4.79 Å². The predicted octanol–water partition coefficient (Wildman–Crippen LogP) is 1.69. The van der Waals surface area contributed by atoms with Crippen molar-refractivity contribution in [1.82, 2.24) is 4.90 Å². The third kappa shape index (κ3) is 3.12. The Morgan fingerprint density at radius 1 is 1.25 bits per heavy atom. The quantitative estimate of drug-likeness (QED) is 0.913. The molecule has 110 valence electrons. The monoisotopic (exact) mass is 275 g/mol. The van der Waals surface area contributed by atoms with Gasteiger partial charge in [-0.05, 0) is 37.5 Å². The lowest BCUT2D eigenvalue weighted by atomic mass is 10.1. The van der Waals surface area contributed by atoms with Gasteiger partial charge >= 0.3 is 0 Å². The second kappa shape index (κ2) is 6.27. The summed E-state index contributed by atoms with van der Waals surface area (Å²) in [4.78, 5) is 16.3. The van der Waals surface area contributed by atoms with Crippen LogP contribution < -0.4 is 10.6 Å². The first kappa shape index (κ1) is 14.9. The second-order valence-corrected chi connectivity index (χ2v) is 5.62. The molecular weight excluding hydrogens is 250 g/mol. The Balaban J connectivity index is 2.01. The molecule has 1 aromatic rings. The highest BCUT2D eigenvalue weighted by atomic mass is 16.2. The lowest BCUT2D eigenvalue weighted by Gasteiger charge is -2.37. The van der Waals surface area contributed by atoms with Crippen LogP contribution in [0.1, 0.15) is 24.5 Å². The first-order chi connectivity index (χ1) is 9.52. The molecule has 4 heteroatoms. The van der Waals surface area contributed by atoms with Crippen molar-refractivity contribution in [2.24, 2.45) is 5.73 Å². The van der Waals surface area contributed by atoms with Gasteiger partial charge < -0.3 is 15.5 Å². The largest absolute Gasteiger partial charge is 0.368 e. The van der Waals surface area contributed by atoms with Crippen LogP contribution in [0.3, 0.4) is 0 Å². The fraction of sp³-hybridized carbons (Fsp3) is 0.562. The summed E-state index contributed by atoms with van der Waals surface area (Å²) in [5.41, 5.74) is 9.69. The second-order valence-electron chi connectivity index (χ2n) is 5.62. The van der Waals surface area contributed by atoms with Crippen molar-refractivity contribution in [2.75, 3.05) is 31.1 Å². The number of amides is 1. The fourth-order valence-electron chi connectivity index (χ4n) is 2.64. The third-order valence-electron chi connectivity index (χ3n) is 4.05. The summed E-state index contributed by atoms with van der Waals surface area (Å²) in [5, 5.41) is 0. The first-order valence-corrected chi connectivity index (χ1v) is 7.39. The van der Waals surface area contributed by atoms with Gasteiger partial charge in [-0.1, -0.05) is 19.1 Å². The summed E-state index contributed by atoms with van der Waals surface area (Å²) < 4.78 is 0. The molecule has 1 atom stereocenters. The van der Waals surface area contributed by atoms with E-state index in [9.17, 15) is 4.79 Å². The molecule has 0 spiro atoms. The number of nitrogens with zero attached hydrogens (tertiary/aromatic N) is 2. The molecule has 2 rings (SSSR count). The smallest absolute Gasteiger partial charge is 0.239 e. The van der Waals surface area contributed by atoms with Gasteiger partial charge in [-0.25, -0.2) is 0 Å². The molecular formula is C16H25N3O. The van der Waals surface area contributed by atoms with E-state index >= 15 is 0 Å². The molecule has 1 aliphatic heterocycles. The molecule has 1 saturated heterocycles. The molecule has 0 bridgehead atoms. The van der Waals surface area contributed by atoms with Crippen LogP contribution >= 0.6 is 0 Å². The summed E-state index contributed by atoms with van der Waals surface area (Å²) in [6, 6.07) is 6.18. The van der Waals surface area contributed by atoms with E-state index in [0.29, 0.717) is 6.42 Å². The molecule has 1 unspecified atom stereocenters. The van der Waals surface area contributed by atoms with Crippen molar-refractivity contribution in [2.45, 2.75) is 33.2 Å². The predicted molar refractivity (Wildman–Crippen MR) is 83.0 cm³/mol.